The first-order valence-electron chi connectivity index (χ1n) is 7.21. The number of aryl methyl sites for hydroxylation is 2. The van der Waals surface area contributed by atoms with E-state index in [1.54, 1.807) is 0 Å². The molecule has 5 heteroatoms. The number of benzene rings is 1. The number of fused-ring (bicyclic) bond motifs is 1. The van der Waals surface area contributed by atoms with Gasteiger partial charge in [0.1, 0.15) is 17.4 Å². The van der Waals surface area contributed by atoms with Crippen molar-refractivity contribution < 1.29 is 4.42 Å². The summed E-state index contributed by atoms with van der Waals surface area (Å²) in [5, 5.41) is 8.81. The molecule has 0 fully saturated rings. The highest BCUT2D eigenvalue weighted by Crippen LogP contribution is 2.31. The number of hydrogen-bond acceptors (Lipinski definition) is 5. The maximum absolute atomic E-state index is 6.05. The molecule has 0 bridgehead atoms. The fourth-order valence-corrected chi connectivity index (χ4v) is 3.17. The van der Waals surface area contributed by atoms with Crippen LogP contribution in [0.15, 0.2) is 28.7 Å². The van der Waals surface area contributed by atoms with Crippen molar-refractivity contribution >= 4 is 22.5 Å². The molecule has 21 heavy (non-hydrogen) atoms. The first-order chi connectivity index (χ1) is 10.2. The van der Waals surface area contributed by atoms with E-state index in [1.807, 2.05) is 13.0 Å². The van der Waals surface area contributed by atoms with E-state index in [-0.39, 0.29) is 6.04 Å². The van der Waals surface area contributed by atoms with Crippen LogP contribution in [0.1, 0.15) is 41.3 Å². The fourth-order valence-electron chi connectivity index (χ4n) is 2.44. The molecule has 2 heterocycles. The Morgan fingerprint density at radius 1 is 1.29 bits per heavy atom. The van der Waals surface area contributed by atoms with Crippen molar-refractivity contribution in [2.24, 2.45) is 0 Å². The minimum atomic E-state index is 0.0256. The molecule has 0 saturated heterocycles. The van der Waals surface area contributed by atoms with E-state index >= 15 is 0 Å². The monoisotopic (exact) mass is 301 g/mol. The molecule has 0 saturated carbocycles. The molecule has 2 aromatic heterocycles. The maximum atomic E-state index is 6.05. The van der Waals surface area contributed by atoms with Crippen molar-refractivity contribution in [3.63, 3.8) is 0 Å². The van der Waals surface area contributed by atoms with Crippen LogP contribution in [0.4, 0.5) is 0 Å². The lowest BCUT2D eigenvalue weighted by molar-refractivity contribution is 0.472. The molecule has 1 N–H and O–H groups in total. The Balaban J connectivity index is 2.03. The van der Waals surface area contributed by atoms with Gasteiger partial charge in [-0.05, 0) is 56.5 Å². The van der Waals surface area contributed by atoms with Crippen LogP contribution in [0.3, 0.4) is 0 Å². The number of furan rings is 1. The van der Waals surface area contributed by atoms with Crippen LogP contribution in [0, 0.1) is 13.8 Å². The largest absolute Gasteiger partial charge is 0.459 e. The van der Waals surface area contributed by atoms with Gasteiger partial charge in [-0.15, -0.1) is 5.10 Å². The van der Waals surface area contributed by atoms with Crippen molar-refractivity contribution in [2.75, 3.05) is 6.54 Å². The summed E-state index contributed by atoms with van der Waals surface area (Å²) in [6.45, 7) is 7.17. The summed E-state index contributed by atoms with van der Waals surface area (Å²) < 4.78 is 10.1. The standard InChI is InChI=1S/C16H19N3OS/c1-4-7-17-15(16-11(3)18-19-21-16)14-9-12-8-10(2)5-6-13(12)20-14/h5-6,8-9,15,17H,4,7H2,1-3H3. The second kappa shape index (κ2) is 5.95. The zero-order valence-electron chi connectivity index (χ0n) is 12.5. The molecule has 110 valence electrons. The lowest BCUT2D eigenvalue weighted by Gasteiger charge is -2.14. The molecule has 3 rings (SSSR count). The molecule has 0 aliphatic carbocycles. The number of hydrogen-bond donors (Lipinski definition) is 1. The zero-order valence-corrected chi connectivity index (χ0v) is 13.3. The van der Waals surface area contributed by atoms with Gasteiger partial charge in [-0.1, -0.05) is 23.0 Å². The van der Waals surface area contributed by atoms with Crippen molar-refractivity contribution in [1.29, 1.82) is 0 Å². The molecule has 0 aliphatic rings. The minimum absolute atomic E-state index is 0.0256. The molecule has 0 amide bonds. The Labute approximate surface area is 128 Å². The topological polar surface area (TPSA) is 51.0 Å². The summed E-state index contributed by atoms with van der Waals surface area (Å²) in [6.07, 6.45) is 1.07. The number of rotatable bonds is 5. The Morgan fingerprint density at radius 2 is 2.14 bits per heavy atom. The molecule has 4 nitrogen and oxygen atoms in total. The Bertz CT molecular complexity index is 747. The molecular weight excluding hydrogens is 282 g/mol. The van der Waals surface area contributed by atoms with Crippen LogP contribution >= 0.6 is 11.5 Å². The lowest BCUT2D eigenvalue weighted by atomic mass is 10.1. The molecule has 0 spiro atoms. The van der Waals surface area contributed by atoms with Crippen molar-refractivity contribution in [2.45, 2.75) is 33.2 Å². The average Bonchev–Trinajstić information content (AvgIpc) is 3.06. The van der Waals surface area contributed by atoms with E-state index in [4.69, 9.17) is 4.42 Å². The van der Waals surface area contributed by atoms with Gasteiger partial charge < -0.3 is 9.73 Å². The zero-order chi connectivity index (χ0) is 14.8. The van der Waals surface area contributed by atoms with Gasteiger partial charge in [-0.3, -0.25) is 0 Å². The smallest absolute Gasteiger partial charge is 0.134 e. The third kappa shape index (κ3) is 2.84. The molecule has 0 aliphatic heterocycles. The summed E-state index contributed by atoms with van der Waals surface area (Å²) in [6, 6.07) is 8.40. The van der Waals surface area contributed by atoms with E-state index in [0.717, 1.165) is 40.3 Å². The number of aromatic nitrogens is 2. The van der Waals surface area contributed by atoms with Crippen LogP contribution in [0.5, 0.6) is 0 Å². The van der Waals surface area contributed by atoms with E-state index in [1.165, 1.54) is 17.1 Å². The highest BCUT2D eigenvalue weighted by molar-refractivity contribution is 7.05. The Hall–Kier alpha value is -1.72. The summed E-state index contributed by atoms with van der Waals surface area (Å²) in [4.78, 5) is 1.12. The molecule has 1 aromatic carbocycles. The normalized spacial score (nSPS) is 12.9. The van der Waals surface area contributed by atoms with Gasteiger partial charge in [-0.2, -0.15) is 0 Å². The van der Waals surface area contributed by atoms with E-state index in [2.05, 4.69) is 47.0 Å². The molecule has 1 atom stereocenters. The van der Waals surface area contributed by atoms with Crippen molar-refractivity contribution in [3.8, 4) is 0 Å². The van der Waals surface area contributed by atoms with Gasteiger partial charge in [-0.25, -0.2) is 0 Å². The fraction of sp³-hybridized carbons (Fsp3) is 0.375. The molecular formula is C16H19N3OS. The van der Waals surface area contributed by atoms with E-state index < -0.39 is 0 Å². The number of nitrogens with one attached hydrogen (secondary N) is 1. The highest BCUT2D eigenvalue weighted by Gasteiger charge is 2.22. The SMILES string of the molecule is CCCNC(c1cc2cc(C)ccc2o1)c1snnc1C. The molecule has 1 unspecified atom stereocenters. The van der Waals surface area contributed by atoms with E-state index in [0.29, 0.717) is 0 Å². The highest BCUT2D eigenvalue weighted by atomic mass is 32.1. The van der Waals surface area contributed by atoms with E-state index in [9.17, 15) is 0 Å². The van der Waals surface area contributed by atoms with Crippen molar-refractivity contribution in [1.82, 2.24) is 14.9 Å². The molecule has 3 aromatic rings. The summed E-state index contributed by atoms with van der Waals surface area (Å²) in [7, 11) is 0. The van der Waals surface area contributed by atoms with Crippen LogP contribution in [0.25, 0.3) is 11.0 Å². The quantitative estimate of drug-likeness (QED) is 0.774. The van der Waals surface area contributed by atoms with Crippen LogP contribution in [0.2, 0.25) is 0 Å². The number of nitrogens with zero attached hydrogens (tertiary/aromatic N) is 2. The minimum Gasteiger partial charge on any atom is -0.459 e. The second-order valence-corrected chi connectivity index (χ2v) is 6.09. The van der Waals surface area contributed by atoms with Gasteiger partial charge in [0.05, 0.1) is 10.6 Å². The third-order valence-electron chi connectivity index (χ3n) is 3.52. The van der Waals surface area contributed by atoms with Gasteiger partial charge in [0.15, 0.2) is 0 Å². The average molecular weight is 301 g/mol. The van der Waals surface area contributed by atoms with Crippen LogP contribution in [-0.4, -0.2) is 16.1 Å². The maximum Gasteiger partial charge on any atom is 0.134 e. The summed E-state index contributed by atoms with van der Waals surface area (Å²) >= 11 is 1.43. The Kier molecular flexibility index (Phi) is 4.03. The van der Waals surface area contributed by atoms with Gasteiger partial charge in [0, 0.05) is 5.39 Å². The van der Waals surface area contributed by atoms with Crippen LogP contribution in [-0.2, 0) is 0 Å². The second-order valence-electron chi connectivity index (χ2n) is 5.30. The van der Waals surface area contributed by atoms with Gasteiger partial charge >= 0.3 is 0 Å². The first-order valence-corrected chi connectivity index (χ1v) is 7.98. The predicted molar refractivity (Wildman–Crippen MR) is 85.7 cm³/mol. The lowest BCUT2D eigenvalue weighted by Crippen LogP contribution is -2.22. The summed E-state index contributed by atoms with van der Waals surface area (Å²) in [5.74, 6) is 0.929. The first kappa shape index (κ1) is 14.2. The van der Waals surface area contributed by atoms with Gasteiger partial charge in [0.2, 0.25) is 0 Å². The summed E-state index contributed by atoms with van der Waals surface area (Å²) in [5.41, 5.74) is 3.13. The van der Waals surface area contributed by atoms with Gasteiger partial charge in [0.25, 0.3) is 0 Å². The predicted octanol–water partition coefficient (Wildman–Crippen LogP) is 3.99. The molecule has 0 radical (unpaired) electrons. The Morgan fingerprint density at radius 3 is 2.86 bits per heavy atom. The van der Waals surface area contributed by atoms with Crippen LogP contribution < -0.4 is 5.32 Å². The third-order valence-corrected chi connectivity index (χ3v) is 4.41. The van der Waals surface area contributed by atoms with Crippen molar-refractivity contribution in [3.05, 3.63) is 46.2 Å².